The van der Waals surface area contributed by atoms with Crippen molar-refractivity contribution in [1.82, 2.24) is 14.5 Å². The van der Waals surface area contributed by atoms with Gasteiger partial charge in [0.15, 0.2) is 0 Å². The zero-order chi connectivity index (χ0) is 12.5. The molecule has 0 aromatic carbocycles. The van der Waals surface area contributed by atoms with E-state index in [9.17, 15) is 4.79 Å². The number of imidazole rings is 1. The number of amides is 1. The first-order valence-electron chi connectivity index (χ1n) is 5.87. The third-order valence-corrected chi connectivity index (χ3v) is 2.73. The van der Waals surface area contributed by atoms with Crippen LogP contribution >= 0.6 is 0 Å². The number of rotatable bonds is 2. The average Bonchev–Trinajstić information content (AvgIpc) is 2.71. The summed E-state index contributed by atoms with van der Waals surface area (Å²) in [4.78, 5) is 18.0. The van der Waals surface area contributed by atoms with E-state index in [0.29, 0.717) is 6.54 Å². The van der Waals surface area contributed by atoms with Crippen LogP contribution in [-0.2, 0) is 22.6 Å². The molecule has 2 heterocycles. The maximum Gasteiger partial charge on any atom is 0.249 e. The number of carbonyl (C=O) groups excluding carboxylic acids is 1. The van der Waals surface area contributed by atoms with Crippen molar-refractivity contribution in [2.45, 2.75) is 39.5 Å². The summed E-state index contributed by atoms with van der Waals surface area (Å²) in [6.45, 7) is 8.12. The lowest BCUT2D eigenvalue weighted by Crippen LogP contribution is -2.41. The second-order valence-electron chi connectivity index (χ2n) is 5.25. The van der Waals surface area contributed by atoms with Crippen molar-refractivity contribution in [3.63, 3.8) is 0 Å². The van der Waals surface area contributed by atoms with Crippen molar-refractivity contribution in [1.29, 1.82) is 0 Å². The Labute approximate surface area is 101 Å². The number of carbonyl (C=O) groups is 1. The van der Waals surface area contributed by atoms with Crippen LogP contribution in [0.15, 0.2) is 12.4 Å². The Balaban J connectivity index is 1.90. The molecule has 1 aromatic heterocycles. The van der Waals surface area contributed by atoms with Crippen molar-refractivity contribution >= 4 is 5.91 Å². The molecule has 1 aromatic rings. The standard InChI is InChI=1S/C12H19N3O2/c1-12(2,3)17-9-11(16)15-7-6-14-5-4-13-10(14)8-15/h4-5H,6-9H2,1-3H3. The van der Waals surface area contributed by atoms with Gasteiger partial charge in [0.2, 0.25) is 5.91 Å². The van der Waals surface area contributed by atoms with Crippen LogP contribution in [0.3, 0.4) is 0 Å². The van der Waals surface area contributed by atoms with E-state index in [-0.39, 0.29) is 18.1 Å². The summed E-state index contributed by atoms with van der Waals surface area (Å²) in [7, 11) is 0. The summed E-state index contributed by atoms with van der Waals surface area (Å²) in [6.07, 6.45) is 3.72. The van der Waals surface area contributed by atoms with Gasteiger partial charge in [-0.3, -0.25) is 4.79 Å². The predicted octanol–water partition coefficient (Wildman–Crippen LogP) is 1.04. The predicted molar refractivity (Wildman–Crippen MR) is 63.3 cm³/mol. The number of hydrogen-bond donors (Lipinski definition) is 0. The molecule has 1 aliphatic heterocycles. The zero-order valence-corrected chi connectivity index (χ0v) is 10.6. The van der Waals surface area contributed by atoms with Crippen LogP contribution in [0.1, 0.15) is 26.6 Å². The zero-order valence-electron chi connectivity index (χ0n) is 10.6. The highest BCUT2D eigenvalue weighted by atomic mass is 16.5. The first-order chi connectivity index (χ1) is 7.96. The van der Waals surface area contributed by atoms with E-state index >= 15 is 0 Å². The van der Waals surface area contributed by atoms with Crippen molar-refractivity contribution in [2.24, 2.45) is 0 Å². The van der Waals surface area contributed by atoms with Crippen LogP contribution in [0.5, 0.6) is 0 Å². The lowest BCUT2D eigenvalue weighted by atomic mass is 10.2. The van der Waals surface area contributed by atoms with Gasteiger partial charge in [0.1, 0.15) is 12.4 Å². The van der Waals surface area contributed by atoms with Crippen molar-refractivity contribution < 1.29 is 9.53 Å². The molecular weight excluding hydrogens is 218 g/mol. The molecule has 0 bridgehead atoms. The Morgan fingerprint density at radius 2 is 2.24 bits per heavy atom. The Kier molecular flexibility index (Phi) is 3.19. The Morgan fingerprint density at radius 1 is 1.47 bits per heavy atom. The van der Waals surface area contributed by atoms with Crippen molar-refractivity contribution in [3.05, 3.63) is 18.2 Å². The highest BCUT2D eigenvalue weighted by Gasteiger charge is 2.22. The van der Waals surface area contributed by atoms with Gasteiger partial charge in [-0.25, -0.2) is 4.98 Å². The molecule has 94 valence electrons. The van der Waals surface area contributed by atoms with Gasteiger partial charge in [0.05, 0.1) is 12.1 Å². The van der Waals surface area contributed by atoms with Gasteiger partial charge in [0.25, 0.3) is 0 Å². The smallest absolute Gasteiger partial charge is 0.249 e. The topological polar surface area (TPSA) is 47.4 Å². The lowest BCUT2D eigenvalue weighted by Gasteiger charge is -2.29. The Hall–Kier alpha value is -1.36. The summed E-state index contributed by atoms with van der Waals surface area (Å²) in [6, 6.07) is 0. The number of hydrogen-bond acceptors (Lipinski definition) is 3. The number of fused-ring (bicyclic) bond motifs is 1. The van der Waals surface area contributed by atoms with Crippen LogP contribution in [0, 0.1) is 0 Å². The minimum Gasteiger partial charge on any atom is -0.366 e. The minimum atomic E-state index is -0.274. The fraction of sp³-hybridized carbons (Fsp3) is 0.667. The maximum absolute atomic E-state index is 11.9. The van der Waals surface area contributed by atoms with Gasteiger partial charge < -0.3 is 14.2 Å². The fourth-order valence-corrected chi connectivity index (χ4v) is 1.76. The summed E-state index contributed by atoms with van der Waals surface area (Å²) in [5.74, 6) is 0.981. The summed E-state index contributed by atoms with van der Waals surface area (Å²) in [5, 5.41) is 0. The Bertz CT molecular complexity index is 406. The molecule has 0 unspecified atom stereocenters. The monoisotopic (exact) mass is 237 g/mol. The largest absolute Gasteiger partial charge is 0.366 e. The van der Waals surface area contributed by atoms with Gasteiger partial charge in [-0.2, -0.15) is 0 Å². The molecule has 0 fully saturated rings. The molecular formula is C12H19N3O2. The van der Waals surface area contributed by atoms with Crippen LogP contribution in [0.25, 0.3) is 0 Å². The molecule has 0 N–H and O–H groups in total. The lowest BCUT2D eigenvalue weighted by molar-refractivity contribution is -0.142. The van der Waals surface area contributed by atoms with Gasteiger partial charge in [-0.15, -0.1) is 0 Å². The number of aromatic nitrogens is 2. The Morgan fingerprint density at radius 3 is 2.94 bits per heavy atom. The maximum atomic E-state index is 11.9. The molecule has 2 rings (SSSR count). The molecule has 17 heavy (non-hydrogen) atoms. The van der Waals surface area contributed by atoms with Gasteiger partial charge in [0, 0.05) is 25.5 Å². The second kappa shape index (κ2) is 4.49. The molecule has 0 radical (unpaired) electrons. The van der Waals surface area contributed by atoms with Gasteiger partial charge in [-0.1, -0.05) is 0 Å². The van der Waals surface area contributed by atoms with Crippen LogP contribution in [0.2, 0.25) is 0 Å². The average molecular weight is 237 g/mol. The summed E-state index contributed by atoms with van der Waals surface area (Å²) < 4.78 is 7.57. The molecule has 0 saturated carbocycles. The molecule has 0 atom stereocenters. The van der Waals surface area contributed by atoms with Gasteiger partial charge >= 0.3 is 0 Å². The van der Waals surface area contributed by atoms with E-state index in [1.54, 1.807) is 11.1 Å². The van der Waals surface area contributed by atoms with Crippen molar-refractivity contribution in [2.75, 3.05) is 13.2 Å². The van der Waals surface area contributed by atoms with E-state index in [0.717, 1.165) is 18.9 Å². The van der Waals surface area contributed by atoms with E-state index in [1.807, 2.05) is 27.0 Å². The highest BCUT2D eigenvalue weighted by Crippen LogP contribution is 2.12. The number of nitrogens with zero attached hydrogens (tertiary/aromatic N) is 3. The molecule has 1 amide bonds. The third-order valence-electron chi connectivity index (χ3n) is 2.73. The fourth-order valence-electron chi connectivity index (χ4n) is 1.76. The summed E-state index contributed by atoms with van der Waals surface area (Å²) in [5.41, 5.74) is -0.274. The molecule has 5 nitrogen and oxygen atoms in total. The number of ether oxygens (including phenoxy) is 1. The van der Waals surface area contributed by atoms with Crippen LogP contribution in [0.4, 0.5) is 0 Å². The molecule has 5 heteroatoms. The second-order valence-corrected chi connectivity index (χ2v) is 5.25. The normalized spacial score (nSPS) is 15.8. The first-order valence-corrected chi connectivity index (χ1v) is 5.87. The van der Waals surface area contributed by atoms with Crippen LogP contribution < -0.4 is 0 Å². The quantitative estimate of drug-likeness (QED) is 0.772. The van der Waals surface area contributed by atoms with Crippen molar-refractivity contribution in [3.8, 4) is 0 Å². The summed E-state index contributed by atoms with van der Waals surface area (Å²) >= 11 is 0. The highest BCUT2D eigenvalue weighted by molar-refractivity contribution is 5.77. The first kappa shape index (κ1) is 12.1. The van der Waals surface area contributed by atoms with Crippen LogP contribution in [-0.4, -0.2) is 39.1 Å². The van der Waals surface area contributed by atoms with E-state index in [4.69, 9.17) is 4.74 Å². The van der Waals surface area contributed by atoms with E-state index in [2.05, 4.69) is 9.55 Å². The minimum absolute atomic E-state index is 0.0363. The van der Waals surface area contributed by atoms with E-state index in [1.165, 1.54) is 0 Å². The molecule has 0 saturated heterocycles. The third kappa shape index (κ3) is 3.06. The van der Waals surface area contributed by atoms with E-state index < -0.39 is 0 Å². The SMILES string of the molecule is CC(C)(C)OCC(=O)N1CCn2ccnc2C1. The molecule has 1 aliphatic rings. The molecule has 0 spiro atoms. The molecule has 0 aliphatic carbocycles. The van der Waals surface area contributed by atoms with Gasteiger partial charge in [-0.05, 0) is 20.8 Å².